The molecule has 1 aromatic heterocycles. The second-order valence-electron chi connectivity index (χ2n) is 7.52. The minimum atomic E-state index is -5.78. The Labute approximate surface area is 193 Å². The van der Waals surface area contributed by atoms with Crippen LogP contribution in [-0.4, -0.2) is 55.1 Å². The predicted molar refractivity (Wildman–Crippen MR) is 114 cm³/mol. The van der Waals surface area contributed by atoms with Crippen LogP contribution in [0.5, 0.6) is 0 Å². The van der Waals surface area contributed by atoms with Crippen molar-refractivity contribution in [3.63, 3.8) is 0 Å². The van der Waals surface area contributed by atoms with Crippen LogP contribution in [0.15, 0.2) is 40.8 Å². The van der Waals surface area contributed by atoms with Crippen LogP contribution in [0.25, 0.3) is 11.3 Å². The second kappa shape index (κ2) is 9.46. The molecule has 1 atom stereocenters. The normalized spacial score (nSPS) is 22.1. The number of alkyl halides is 6. The minimum absolute atomic E-state index is 0.0393. The average molecular weight is 534 g/mol. The molecule has 2 heterocycles. The SMILES string of the molecule is CCS1(OS(=O)(=O)C(F)(F)F)CCCN(C(=O)c2ccc(-c3cccc(C(F)(F)F)c3)o2)CC1. The second-order valence-corrected chi connectivity index (χ2v) is 12.8. The molecule has 34 heavy (non-hydrogen) atoms. The van der Waals surface area contributed by atoms with E-state index in [1.54, 1.807) is 0 Å². The fourth-order valence-corrected chi connectivity index (χ4v) is 8.21. The molecule has 6 nitrogen and oxygen atoms in total. The van der Waals surface area contributed by atoms with Gasteiger partial charge in [0.2, 0.25) is 0 Å². The molecule has 1 aromatic carbocycles. The van der Waals surface area contributed by atoms with Gasteiger partial charge >= 0.3 is 21.8 Å². The molecule has 14 heteroatoms. The smallest absolute Gasteiger partial charge is 0.451 e. The van der Waals surface area contributed by atoms with Crippen LogP contribution in [0.3, 0.4) is 0 Å². The van der Waals surface area contributed by atoms with E-state index in [2.05, 4.69) is 3.63 Å². The van der Waals surface area contributed by atoms with Gasteiger partial charge in [-0.15, -0.1) is 10.3 Å². The van der Waals surface area contributed by atoms with Gasteiger partial charge in [-0.05, 0) is 36.4 Å². The third-order valence-electron chi connectivity index (χ3n) is 5.30. The highest BCUT2D eigenvalue weighted by Gasteiger charge is 2.51. The lowest BCUT2D eigenvalue weighted by molar-refractivity contribution is -0.137. The number of hydrogen-bond donors (Lipinski definition) is 0. The van der Waals surface area contributed by atoms with Gasteiger partial charge in [-0.25, -0.2) is 3.63 Å². The quantitative estimate of drug-likeness (QED) is 0.379. The zero-order valence-electron chi connectivity index (χ0n) is 17.8. The molecule has 3 rings (SSSR count). The lowest BCUT2D eigenvalue weighted by Crippen LogP contribution is -2.34. The van der Waals surface area contributed by atoms with E-state index in [9.17, 15) is 39.6 Å². The highest BCUT2D eigenvalue weighted by molar-refractivity contribution is 8.33. The van der Waals surface area contributed by atoms with E-state index in [1.807, 2.05) is 0 Å². The van der Waals surface area contributed by atoms with E-state index < -0.39 is 43.6 Å². The molecule has 1 aliphatic rings. The number of amides is 1. The van der Waals surface area contributed by atoms with Crippen LogP contribution in [0.1, 0.15) is 29.5 Å². The van der Waals surface area contributed by atoms with Crippen LogP contribution in [0, 0.1) is 0 Å². The maximum atomic E-state index is 13.0. The van der Waals surface area contributed by atoms with Crippen molar-refractivity contribution >= 4 is 26.3 Å². The molecule has 1 aliphatic heterocycles. The summed E-state index contributed by atoms with van der Waals surface area (Å²) < 4.78 is 111. The fraction of sp³-hybridized carbons (Fsp3) is 0.450. The van der Waals surface area contributed by atoms with Crippen LogP contribution in [-0.2, 0) is 19.9 Å². The largest absolute Gasteiger partial charge is 0.523 e. The van der Waals surface area contributed by atoms with Crippen molar-refractivity contribution in [1.82, 2.24) is 4.90 Å². The van der Waals surface area contributed by atoms with Crippen LogP contribution in [0.2, 0.25) is 0 Å². The van der Waals surface area contributed by atoms with Crippen molar-refractivity contribution in [2.45, 2.75) is 25.0 Å². The monoisotopic (exact) mass is 533 g/mol. The van der Waals surface area contributed by atoms with Crippen molar-refractivity contribution in [2.75, 3.05) is 30.3 Å². The lowest BCUT2D eigenvalue weighted by atomic mass is 10.1. The summed E-state index contributed by atoms with van der Waals surface area (Å²) in [6.45, 7) is 1.60. The number of nitrogens with zero attached hydrogens (tertiary/aromatic N) is 1. The Hall–Kier alpha value is -2.19. The van der Waals surface area contributed by atoms with Gasteiger partial charge < -0.3 is 9.32 Å². The Morgan fingerprint density at radius 1 is 1.09 bits per heavy atom. The van der Waals surface area contributed by atoms with Crippen LogP contribution in [0.4, 0.5) is 26.3 Å². The van der Waals surface area contributed by atoms with Crippen LogP contribution >= 0.6 is 10.3 Å². The van der Waals surface area contributed by atoms with Gasteiger partial charge in [-0.2, -0.15) is 34.8 Å². The lowest BCUT2D eigenvalue weighted by Gasteiger charge is -2.36. The van der Waals surface area contributed by atoms with E-state index >= 15 is 0 Å². The van der Waals surface area contributed by atoms with Crippen molar-refractivity contribution in [1.29, 1.82) is 0 Å². The van der Waals surface area contributed by atoms with Crippen molar-refractivity contribution < 1.29 is 47.6 Å². The predicted octanol–water partition coefficient (Wildman–Crippen LogP) is 5.42. The first kappa shape index (κ1) is 26.4. The molecule has 1 amide bonds. The molecule has 0 saturated carbocycles. The van der Waals surface area contributed by atoms with E-state index in [0.29, 0.717) is 0 Å². The van der Waals surface area contributed by atoms with Gasteiger partial charge in [0.05, 0.1) is 5.56 Å². The average Bonchev–Trinajstić information content (AvgIpc) is 3.15. The number of furan rings is 1. The number of benzene rings is 1. The zero-order valence-corrected chi connectivity index (χ0v) is 19.4. The first-order valence-corrected chi connectivity index (χ1v) is 13.5. The first-order chi connectivity index (χ1) is 15.7. The minimum Gasteiger partial charge on any atom is -0.451 e. The standard InChI is InChI=1S/C20H21F6NO5S2/c1-2-33(32-34(29,30)20(24,25)26)11-4-9-27(10-12-33)18(28)17-8-7-16(31-17)14-5-3-6-15(13-14)19(21,22)23/h3,5-8,13H,2,4,9-12H2,1H3. The molecule has 0 aliphatic carbocycles. The fourth-order valence-electron chi connectivity index (χ4n) is 3.46. The summed E-state index contributed by atoms with van der Waals surface area (Å²) in [5.74, 6) is -0.678. The zero-order chi connectivity index (χ0) is 25.4. The van der Waals surface area contributed by atoms with Crippen LogP contribution < -0.4 is 0 Å². The first-order valence-electron chi connectivity index (χ1n) is 10.0. The van der Waals surface area contributed by atoms with E-state index in [-0.39, 0.29) is 53.9 Å². The maximum absolute atomic E-state index is 13.0. The number of halogens is 6. The van der Waals surface area contributed by atoms with Gasteiger partial charge in [0.1, 0.15) is 5.76 Å². The number of carbonyl (C=O) groups is 1. The van der Waals surface area contributed by atoms with E-state index in [0.717, 1.165) is 12.1 Å². The number of rotatable bonds is 5. The molecule has 0 spiro atoms. The van der Waals surface area contributed by atoms with Gasteiger partial charge in [0.15, 0.2) is 5.76 Å². The van der Waals surface area contributed by atoms with Gasteiger partial charge in [0, 0.05) is 30.2 Å². The molecule has 0 N–H and O–H groups in total. The van der Waals surface area contributed by atoms with Gasteiger partial charge in [-0.1, -0.05) is 19.1 Å². The molecule has 1 unspecified atom stereocenters. The van der Waals surface area contributed by atoms with Crippen molar-refractivity contribution in [3.8, 4) is 11.3 Å². The van der Waals surface area contributed by atoms with E-state index in [1.165, 1.54) is 36.1 Å². The molecule has 0 radical (unpaired) electrons. The third-order valence-corrected chi connectivity index (χ3v) is 10.7. The maximum Gasteiger partial charge on any atom is 0.523 e. The molecule has 2 aromatic rings. The number of carbonyl (C=O) groups excluding carboxylic acids is 1. The number of hydrogen-bond acceptors (Lipinski definition) is 5. The van der Waals surface area contributed by atoms with Gasteiger partial charge in [0.25, 0.3) is 5.91 Å². The summed E-state index contributed by atoms with van der Waals surface area (Å²) in [4.78, 5) is 14.2. The highest BCUT2D eigenvalue weighted by atomic mass is 32.3. The molecule has 1 fully saturated rings. The third kappa shape index (κ3) is 5.71. The molecule has 190 valence electrons. The van der Waals surface area contributed by atoms with Crippen molar-refractivity contribution in [3.05, 3.63) is 47.7 Å². The van der Waals surface area contributed by atoms with E-state index in [4.69, 9.17) is 4.42 Å². The Kier molecular flexibility index (Phi) is 7.35. The summed E-state index contributed by atoms with van der Waals surface area (Å²) in [7, 11) is -8.44. The Morgan fingerprint density at radius 2 is 1.79 bits per heavy atom. The summed E-state index contributed by atoms with van der Waals surface area (Å²) in [5.41, 5.74) is -6.31. The molecule has 0 bridgehead atoms. The topological polar surface area (TPSA) is 76.8 Å². The summed E-state index contributed by atoms with van der Waals surface area (Å²) in [6.07, 6.45) is -4.34. The highest BCUT2D eigenvalue weighted by Crippen LogP contribution is 2.53. The molecular weight excluding hydrogens is 512 g/mol. The Balaban J connectivity index is 1.75. The van der Waals surface area contributed by atoms with Crippen molar-refractivity contribution in [2.24, 2.45) is 0 Å². The molecule has 1 saturated heterocycles. The Bertz CT molecular complexity index is 1140. The van der Waals surface area contributed by atoms with Gasteiger partial charge in [-0.3, -0.25) is 4.79 Å². The Morgan fingerprint density at radius 3 is 2.41 bits per heavy atom. The summed E-state index contributed by atoms with van der Waals surface area (Å²) >= 11 is 0. The summed E-state index contributed by atoms with van der Waals surface area (Å²) in [5, 5.41) is 0. The summed E-state index contributed by atoms with van der Waals surface area (Å²) in [6, 6.07) is 7.04. The molecular formula is C20H21F6NO5S2.